The Morgan fingerprint density at radius 1 is 0.920 bits per heavy atom. The smallest absolute Gasteiger partial charge is 0.342 e. The zero-order chi connectivity index (χ0) is 18.4. The predicted molar refractivity (Wildman–Crippen MR) is 87.1 cm³/mol. The molecule has 2 rings (SSSR count). The molecule has 0 aliphatic heterocycles. The number of esters is 1. The van der Waals surface area contributed by atoms with Gasteiger partial charge in [-0.05, 0) is 36.4 Å². The van der Waals surface area contributed by atoms with E-state index in [2.05, 4.69) is 0 Å². The van der Waals surface area contributed by atoms with Crippen LogP contribution in [0, 0.1) is 5.82 Å². The molecule has 132 valence electrons. The van der Waals surface area contributed by atoms with Crippen molar-refractivity contribution in [2.75, 3.05) is 27.9 Å². The molecule has 0 aliphatic rings. The maximum atomic E-state index is 13.6. The van der Waals surface area contributed by atoms with Gasteiger partial charge in [0.2, 0.25) is 0 Å². The van der Waals surface area contributed by atoms with Crippen molar-refractivity contribution in [1.82, 2.24) is 0 Å². The fraction of sp³-hybridized carbons (Fsp3) is 0.222. The van der Waals surface area contributed by atoms with Crippen LogP contribution in [0.4, 0.5) is 4.39 Å². The number of methoxy groups -OCH3 is 3. The molecule has 2 aromatic rings. The summed E-state index contributed by atoms with van der Waals surface area (Å²) in [7, 11) is 4.19. The van der Waals surface area contributed by atoms with Crippen molar-refractivity contribution >= 4 is 11.8 Å². The van der Waals surface area contributed by atoms with Gasteiger partial charge in [0.25, 0.3) is 0 Å². The lowest BCUT2D eigenvalue weighted by atomic mass is 10.1. The van der Waals surface area contributed by atoms with E-state index in [-0.39, 0.29) is 22.6 Å². The van der Waals surface area contributed by atoms with Crippen LogP contribution >= 0.6 is 0 Å². The SMILES string of the molecule is COc1ccc(OC)c(C(=O)OCC(=O)c2ccc(OC)c(F)c2)c1. The van der Waals surface area contributed by atoms with Gasteiger partial charge in [-0.3, -0.25) is 4.79 Å². The third-order valence-corrected chi connectivity index (χ3v) is 3.43. The maximum absolute atomic E-state index is 13.6. The number of carbonyl (C=O) groups is 2. The van der Waals surface area contributed by atoms with Crippen LogP contribution in [0.5, 0.6) is 17.2 Å². The molecule has 0 fully saturated rings. The molecule has 2 aromatic carbocycles. The molecule has 7 heteroatoms. The van der Waals surface area contributed by atoms with Crippen LogP contribution in [-0.2, 0) is 4.74 Å². The highest BCUT2D eigenvalue weighted by atomic mass is 19.1. The van der Waals surface area contributed by atoms with Crippen LogP contribution in [0.3, 0.4) is 0 Å². The Morgan fingerprint density at radius 2 is 1.60 bits per heavy atom. The lowest BCUT2D eigenvalue weighted by molar-refractivity contribution is 0.0471. The van der Waals surface area contributed by atoms with E-state index >= 15 is 0 Å². The standard InChI is InChI=1S/C18H17FO6/c1-22-12-5-7-16(23-2)13(9-12)18(21)25-10-15(20)11-4-6-17(24-3)14(19)8-11/h4-9H,10H2,1-3H3. The predicted octanol–water partition coefficient (Wildman–Crippen LogP) is 2.89. The van der Waals surface area contributed by atoms with E-state index in [1.54, 1.807) is 12.1 Å². The molecule has 6 nitrogen and oxygen atoms in total. The third kappa shape index (κ3) is 4.26. The Kier molecular flexibility index (Phi) is 5.94. The maximum Gasteiger partial charge on any atom is 0.342 e. The first-order valence-electron chi connectivity index (χ1n) is 7.26. The molecule has 0 aromatic heterocycles. The van der Waals surface area contributed by atoms with Crippen LogP contribution in [0.15, 0.2) is 36.4 Å². The van der Waals surface area contributed by atoms with Crippen LogP contribution in [0.2, 0.25) is 0 Å². The highest BCUT2D eigenvalue weighted by Crippen LogP contribution is 2.25. The van der Waals surface area contributed by atoms with Crippen molar-refractivity contribution < 1.29 is 32.9 Å². The summed E-state index contributed by atoms with van der Waals surface area (Å²) in [5.74, 6) is -1.22. The Hall–Kier alpha value is -3.09. The Labute approximate surface area is 144 Å². The van der Waals surface area contributed by atoms with Crippen LogP contribution in [0.25, 0.3) is 0 Å². The number of rotatable bonds is 7. The van der Waals surface area contributed by atoms with Gasteiger partial charge in [0.15, 0.2) is 24.0 Å². The summed E-state index contributed by atoms with van der Waals surface area (Å²) < 4.78 is 33.6. The molecule has 0 radical (unpaired) electrons. The second-order valence-electron chi connectivity index (χ2n) is 4.91. The van der Waals surface area contributed by atoms with Gasteiger partial charge in [0, 0.05) is 5.56 Å². The molecule has 0 unspecified atom stereocenters. The molecule has 0 spiro atoms. The van der Waals surface area contributed by atoms with E-state index in [1.807, 2.05) is 0 Å². The van der Waals surface area contributed by atoms with Crippen molar-refractivity contribution in [2.24, 2.45) is 0 Å². The number of halogens is 1. The molecule has 0 amide bonds. The Morgan fingerprint density at radius 3 is 2.20 bits per heavy atom. The van der Waals surface area contributed by atoms with Gasteiger partial charge in [0.1, 0.15) is 17.1 Å². The number of benzene rings is 2. The number of ether oxygens (including phenoxy) is 4. The molecule has 0 saturated carbocycles. The normalized spacial score (nSPS) is 10.1. The minimum absolute atomic E-state index is 0.0228. The Balaban J connectivity index is 2.09. The summed E-state index contributed by atoms with van der Waals surface area (Å²) in [5, 5.41) is 0. The molecule has 0 saturated heterocycles. The first kappa shape index (κ1) is 18.3. The second kappa shape index (κ2) is 8.14. The molecular formula is C18H17FO6. The van der Waals surface area contributed by atoms with Crippen molar-refractivity contribution in [3.8, 4) is 17.2 Å². The zero-order valence-corrected chi connectivity index (χ0v) is 14.0. The lowest BCUT2D eigenvalue weighted by Crippen LogP contribution is -2.15. The van der Waals surface area contributed by atoms with E-state index < -0.39 is 24.2 Å². The van der Waals surface area contributed by atoms with Crippen molar-refractivity contribution in [3.05, 3.63) is 53.3 Å². The fourth-order valence-corrected chi connectivity index (χ4v) is 2.11. The van der Waals surface area contributed by atoms with Crippen LogP contribution in [0.1, 0.15) is 20.7 Å². The molecule has 0 atom stereocenters. The molecule has 0 bridgehead atoms. The molecule has 0 N–H and O–H groups in total. The second-order valence-corrected chi connectivity index (χ2v) is 4.91. The van der Waals surface area contributed by atoms with Gasteiger partial charge in [0.05, 0.1) is 21.3 Å². The van der Waals surface area contributed by atoms with E-state index in [1.165, 1.54) is 39.5 Å². The summed E-state index contributed by atoms with van der Waals surface area (Å²) in [5.41, 5.74) is 0.194. The van der Waals surface area contributed by atoms with E-state index in [0.29, 0.717) is 5.75 Å². The minimum atomic E-state index is -0.752. The van der Waals surface area contributed by atoms with E-state index in [4.69, 9.17) is 18.9 Å². The average Bonchev–Trinajstić information content (AvgIpc) is 2.65. The summed E-state index contributed by atoms with van der Waals surface area (Å²) in [6.45, 7) is -0.537. The number of Topliss-reactive ketones (excluding diaryl/α,β-unsaturated/α-hetero) is 1. The highest BCUT2D eigenvalue weighted by Gasteiger charge is 2.18. The largest absolute Gasteiger partial charge is 0.497 e. The number of hydrogen-bond acceptors (Lipinski definition) is 6. The topological polar surface area (TPSA) is 71.1 Å². The van der Waals surface area contributed by atoms with Gasteiger partial charge >= 0.3 is 5.97 Å². The minimum Gasteiger partial charge on any atom is -0.497 e. The van der Waals surface area contributed by atoms with Crippen molar-refractivity contribution in [1.29, 1.82) is 0 Å². The first-order valence-corrected chi connectivity index (χ1v) is 7.26. The summed E-state index contributed by atoms with van der Waals surface area (Å²) in [6.07, 6.45) is 0. The van der Waals surface area contributed by atoms with Gasteiger partial charge in [-0.25, -0.2) is 9.18 Å². The quantitative estimate of drug-likeness (QED) is 0.566. The molecule has 25 heavy (non-hydrogen) atoms. The lowest BCUT2D eigenvalue weighted by Gasteiger charge is -2.10. The summed E-state index contributed by atoms with van der Waals surface area (Å²) >= 11 is 0. The van der Waals surface area contributed by atoms with E-state index in [9.17, 15) is 14.0 Å². The van der Waals surface area contributed by atoms with Gasteiger partial charge in [-0.2, -0.15) is 0 Å². The average molecular weight is 348 g/mol. The number of ketones is 1. The zero-order valence-electron chi connectivity index (χ0n) is 14.0. The fourth-order valence-electron chi connectivity index (χ4n) is 2.11. The van der Waals surface area contributed by atoms with Crippen LogP contribution in [-0.4, -0.2) is 39.7 Å². The van der Waals surface area contributed by atoms with Crippen LogP contribution < -0.4 is 14.2 Å². The number of hydrogen-bond donors (Lipinski definition) is 0. The summed E-state index contributed by atoms with van der Waals surface area (Å²) in [6, 6.07) is 8.37. The number of carbonyl (C=O) groups excluding carboxylic acids is 2. The Bertz CT molecular complexity index is 787. The first-order chi connectivity index (χ1) is 12.0. The molecule has 0 aliphatic carbocycles. The third-order valence-electron chi connectivity index (χ3n) is 3.43. The summed E-state index contributed by atoms with van der Waals surface area (Å²) in [4.78, 5) is 24.3. The molecule has 0 heterocycles. The highest BCUT2D eigenvalue weighted by molar-refractivity contribution is 6.00. The van der Waals surface area contributed by atoms with Crippen molar-refractivity contribution in [3.63, 3.8) is 0 Å². The molecular weight excluding hydrogens is 331 g/mol. The van der Waals surface area contributed by atoms with Gasteiger partial charge < -0.3 is 18.9 Å². The van der Waals surface area contributed by atoms with Gasteiger partial charge in [-0.1, -0.05) is 0 Å². The monoisotopic (exact) mass is 348 g/mol. The van der Waals surface area contributed by atoms with Crippen molar-refractivity contribution in [2.45, 2.75) is 0 Å². The van der Waals surface area contributed by atoms with E-state index in [0.717, 1.165) is 6.07 Å². The van der Waals surface area contributed by atoms with Gasteiger partial charge in [-0.15, -0.1) is 0 Å².